The highest BCUT2D eigenvalue weighted by atomic mass is 16.5. The molecule has 27 heavy (non-hydrogen) atoms. The smallest absolute Gasteiger partial charge is 0.133 e. The molecule has 0 N–H and O–H groups in total. The highest BCUT2D eigenvalue weighted by Gasteiger charge is 2.45. The normalized spacial score (nSPS) is 22.5. The lowest BCUT2D eigenvalue weighted by Gasteiger charge is -2.42. The number of piperidine rings is 1. The molecule has 0 unspecified atom stereocenters. The molecule has 0 aromatic carbocycles. The van der Waals surface area contributed by atoms with E-state index >= 15 is 0 Å². The molecule has 2 aromatic rings. The van der Waals surface area contributed by atoms with Crippen LogP contribution in [0.15, 0.2) is 35.1 Å². The second-order valence-electron chi connectivity index (χ2n) is 7.81. The van der Waals surface area contributed by atoms with E-state index in [9.17, 15) is 0 Å². The maximum absolute atomic E-state index is 6.29. The van der Waals surface area contributed by atoms with E-state index in [0.29, 0.717) is 12.5 Å². The molecular formula is C21H29N3O3. The Kier molecular flexibility index (Phi) is 5.86. The molecule has 1 atom stereocenters. The maximum atomic E-state index is 6.29. The van der Waals surface area contributed by atoms with Crippen molar-refractivity contribution in [3.8, 4) is 0 Å². The Hall–Kier alpha value is -1.76. The first-order chi connectivity index (χ1) is 13.2. The average molecular weight is 371 g/mol. The number of aryl methyl sites for hydroxylation is 1. The van der Waals surface area contributed by atoms with Gasteiger partial charge in [0.05, 0.1) is 17.9 Å². The number of pyridine rings is 1. The summed E-state index contributed by atoms with van der Waals surface area (Å²) < 4.78 is 17.4. The summed E-state index contributed by atoms with van der Waals surface area (Å²) >= 11 is 0. The second kappa shape index (κ2) is 8.50. The Morgan fingerprint density at radius 1 is 1.33 bits per heavy atom. The number of aromatic nitrogens is 2. The minimum absolute atomic E-state index is 0.0495. The highest BCUT2D eigenvalue weighted by molar-refractivity contribution is 5.07. The molecule has 0 aliphatic carbocycles. The van der Waals surface area contributed by atoms with Crippen molar-refractivity contribution >= 4 is 0 Å². The molecule has 1 spiro atoms. The highest BCUT2D eigenvalue weighted by Crippen LogP contribution is 2.42. The summed E-state index contributed by atoms with van der Waals surface area (Å²) in [5.41, 5.74) is 2.20. The molecule has 0 radical (unpaired) electrons. The van der Waals surface area contributed by atoms with Crippen LogP contribution in [0.2, 0.25) is 0 Å². The van der Waals surface area contributed by atoms with Gasteiger partial charge in [-0.1, -0.05) is 11.2 Å². The standard InChI is InChI=1S/C21H29N3O3/c1-17-13-20(23-27-17)15-24-9-6-21(7-10-24)19(5-12-26-21)4-11-25-16-18-3-2-8-22-14-18/h2-3,8,13-14,19H,4-7,9-12,15-16H2,1H3/t19-/m0/s1. The molecule has 2 aliphatic rings. The fourth-order valence-corrected chi connectivity index (χ4v) is 4.46. The number of nitrogens with zero attached hydrogens (tertiary/aromatic N) is 3. The van der Waals surface area contributed by atoms with Gasteiger partial charge in [0.1, 0.15) is 5.76 Å². The molecular weight excluding hydrogens is 342 g/mol. The summed E-state index contributed by atoms with van der Waals surface area (Å²) in [7, 11) is 0. The largest absolute Gasteiger partial charge is 0.377 e. The monoisotopic (exact) mass is 371 g/mol. The predicted molar refractivity (Wildman–Crippen MR) is 101 cm³/mol. The SMILES string of the molecule is Cc1cc(CN2CCC3(CC2)OCC[C@@H]3CCOCc2cccnc2)no1. The molecule has 4 heterocycles. The molecule has 4 rings (SSSR count). The molecule has 6 nitrogen and oxygen atoms in total. The molecule has 2 saturated heterocycles. The third kappa shape index (κ3) is 4.57. The molecule has 0 saturated carbocycles. The minimum Gasteiger partial charge on any atom is -0.377 e. The van der Waals surface area contributed by atoms with Crippen molar-refractivity contribution in [1.29, 1.82) is 0 Å². The van der Waals surface area contributed by atoms with Gasteiger partial charge < -0.3 is 14.0 Å². The van der Waals surface area contributed by atoms with E-state index in [1.807, 2.05) is 25.3 Å². The number of hydrogen-bond acceptors (Lipinski definition) is 6. The minimum atomic E-state index is 0.0495. The van der Waals surface area contributed by atoms with Gasteiger partial charge in [-0.25, -0.2) is 0 Å². The first-order valence-corrected chi connectivity index (χ1v) is 9.99. The van der Waals surface area contributed by atoms with E-state index in [-0.39, 0.29) is 5.60 Å². The Morgan fingerprint density at radius 3 is 2.96 bits per heavy atom. The lowest BCUT2D eigenvalue weighted by atomic mass is 9.78. The average Bonchev–Trinajstić information content (AvgIpc) is 3.28. The third-order valence-corrected chi connectivity index (χ3v) is 5.97. The van der Waals surface area contributed by atoms with Gasteiger partial charge in [0.2, 0.25) is 0 Å². The van der Waals surface area contributed by atoms with E-state index in [1.54, 1.807) is 6.20 Å². The topological polar surface area (TPSA) is 60.6 Å². The van der Waals surface area contributed by atoms with Gasteiger partial charge in [0.15, 0.2) is 0 Å². The van der Waals surface area contributed by atoms with Gasteiger partial charge in [-0.05, 0) is 50.2 Å². The first-order valence-electron chi connectivity index (χ1n) is 9.99. The van der Waals surface area contributed by atoms with Crippen LogP contribution in [0, 0.1) is 12.8 Å². The molecule has 2 aliphatic heterocycles. The van der Waals surface area contributed by atoms with Gasteiger partial charge in [0.25, 0.3) is 0 Å². The van der Waals surface area contributed by atoms with E-state index in [2.05, 4.69) is 21.1 Å². The zero-order chi connectivity index (χ0) is 18.5. The second-order valence-corrected chi connectivity index (χ2v) is 7.81. The summed E-state index contributed by atoms with van der Waals surface area (Å²) in [6, 6.07) is 6.03. The van der Waals surface area contributed by atoms with E-state index in [1.165, 1.54) is 0 Å². The Morgan fingerprint density at radius 2 is 2.22 bits per heavy atom. The molecule has 0 amide bonds. The van der Waals surface area contributed by atoms with E-state index < -0.39 is 0 Å². The molecule has 146 valence electrons. The van der Waals surface area contributed by atoms with Gasteiger partial charge in [-0.2, -0.15) is 0 Å². The molecule has 2 aromatic heterocycles. The van der Waals surface area contributed by atoms with Crippen LogP contribution in [0.3, 0.4) is 0 Å². The Labute approximate surface area is 160 Å². The fraction of sp³-hybridized carbons (Fsp3) is 0.619. The zero-order valence-electron chi connectivity index (χ0n) is 16.1. The van der Waals surface area contributed by atoms with Crippen LogP contribution in [-0.4, -0.2) is 46.9 Å². The van der Waals surface area contributed by atoms with Crippen LogP contribution in [0.5, 0.6) is 0 Å². The molecule has 6 heteroatoms. The van der Waals surface area contributed by atoms with Crippen molar-refractivity contribution in [3.05, 3.63) is 47.6 Å². The maximum Gasteiger partial charge on any atom is 0.133 e. The van der Waals surface area contributed by atoms with Gasteiger partial charge in [-0.3, -0.25) is 9.88 Å². The summed E-state index contributed by atoms with van der Waals surface area (Å²) in [4.78, 5) is 6.59. The van der Waals surface area contributed by atoms with Crippen LogP contribution >= 0.6 is 0 Å². The summed E-state index contributed by atoms with van der Waals surface area (Å²) in [6.07, 6.45) is 8.07. The summed E-state index contributed by atoms with van der Waals surface area (Å²) in [6.45, 7) is 7.22. The Bertz CT molecular complexity index is 710. The first kappa shape index (κ1) is 18.6. The molecule has 2 fully saturated rings. The van der Waals surface area contributed by atoms with Crippen LogP contribution in [0.25, 0.3) is 0 Å². The van der Waals surface area contributed by atoms with Crippen molar-refractivity contribution in [2.45, 2.75) is 51.4 Å². The third-order valence-electron chi connectivity index (χ3n) is 5.97. The zero-order valence-corrected chi connectivity index (χ0v) is 16.1. The van der Waals surface area contributed by atoms with Gasteiger partial charge in [0, 0.05) is 51.3 Å². The summed E-state index contributed by atoms with van der Waals surface area (Å²) in [5.74, 6) is 1.48. The van der Waals surface area contributed by atoms with Crippen LogP contribution < -0.4 is 0 Å². The van der Waals surface area contributed by atoms with Crippen molar-refractivity contribution in [2.24, 2.45) is 5.92 Å². The lowest BCUT2D eigenvalue weighted by Crippen LogP contribution is -2.47. The number of hydrogen-bond donors (Lipinski definition) is 0. The van der Waals surface area contributed by atoms with Crippen LogP contribution in [-0.2, 0) is 22.6 Å². The summed E-state index contributed by atoms with van der Waals surface area (Å²) in [5, 5.41) is 4.12. The van der Waals surface area contributed by atoms with Gasteiger partial charge >= 0.3 is 0 Å². The van der Waals surface area contributed by atoms with Crippen LogP contribution in [0.4, 0.5) is 0 Å². The number of ether oxygens (including phenoxy) is 2. The number of rotatable bonds is 7. The Balaban J connectivity index is 1.23. The van der Waals surface area contributed by atoms with Crippen molar-refractivity contribution in [1.82, 2.24) is 15.0 Å². The fourth-order valence-electron chi connectivity index (χ4n) is 4.46. The quantitative estimate of drug-likeness (QED) is 0.696. The van der Waals surface area contributed by atoms with E-state index in [4.69, 9.17) is 14.0 Å². The molecule has 0 bridgehead atoms. The van der Waals surface area contributed by atoms with E-state index in [0.717, 1.165) is 75.5 Å². The van der Waals surface area contributed by atoms with Gasteiger partial charge in [-0.15, -0.1) is 0 Å². The van der Waals surface area contributed by atoms with Crippen molar-refractivity contribution < 1.29 is 14.0 Å². The predicted octanol–water partition coefficient (Wildman–Crippen LogP) is 3.36. The van der Waals surface area contributed by atoms with Crippen molar-refractivity contribution in [3.63, 3.8) is 0 Å². The number of likely N-dealkylation sites (tertiary alicyclic amines) is 1. The van der Waals surface area contributed by atoms with Crippen LogP contribution in [0.1, 0.15) is 42.7 Å². The van der Waals surface area contributed by atoms with Crippen molar-refractivity contribution in [2.75, 3.05) is 26.3 Å². The lowest BCUT2D eigenvalue weighted by molar-refractivity contribution is -0.0735.